The fourth-order valence-electron chi connectivity index (χ4n) is 1.62. The molecule has 0 aromatic heterocycles. The standard InChI is InChI=1S/C16H18O2/c1-13(17-15-9-5-3-6-10-15)14(2)18-16-11-7-4-8-12-16/h3-14H,1-2H3/t13-,14-/m1/s1. The maximum atomic E-state index is 5.82. The molecule has 2 heteroatoms. The molecule has 2 rings (SSSR count). The SMILES string of the molecule is C[C@@H](Oc1ccccc1)[C@@H](C)Oc1ccccc1. The van der Waals surface area contributed by atoms with E-state index < -0.39 is 0 Å². The van der Waals surface area contributed by atoms with Crippen molar-refractivity contribution in [3.8, 4) is 11.5 Å². The third-order valence-corrected chi connectivity index (χ3v) is 2.79. The van der Waals surface area contributed by atoms with E-state index >= 15 is 0 Å². The number of hydrogen-bond donors (Lipinski definition) is 0. The number of para-hydroxylation sites is 2. The molecule has 0 aliphatic heterocycles. The van der Waals surface area contributed by atoms with E-state index in [0.29, 0.717) is 0 Å². The minimum Gasteiger partial charge on any atom is -0.487 e. The van der Waals surface area contributed by atoms with Gasteiger partial charge < -0.3 is 9.47 Å². The highest BCUT2D eigenvalue weighted by Crippen LogP contribution is 2.16. The number of ether oxygens (including phenoxy) is 2. The van der Waals surface area contributed by atoms with Gasteiger partial charge >= 0.3 is 0 Å². The van der Waals surface area contributed by atoms with Crippen LogP contribution in [0.3, 0.4) is 0 Å². The first-order valence-electron chi connectivity index (χ1n) is 6.19. The van der Waals surface area contributed by atoms with Crippen LogP contribution in [0.5, 0.6) is 11.5 Å². The van der Waals surface area contributed by atoms with Crippen molar-refractivity contribution < 1.29 is 9.47 Å². The molecular weight excluding hydrogens is 224 g/mol. The van der Waals surface area contributed by atoms with E-state index in [1.165, 1.54) is 0 Å². The van der Waals surface area contributed by atoms with Gasteiger partial charge in [-0.15, -0.1) is 0 Å². The molecule has 2 aromatic rings. The lowest BCUT2D eigenvalue weighted by Crippen LogP contribution is -2.31. The molecule has 0 aliphatic carbocycles. The Hall–Kier alpha value is -1.96. The second kappa shape index (κ2) is 6.10. The molecule has 94 valence electrons. The van der Waals surface area contributed by atoms with Crippen molar-refractivity contribution in [2.24, 2.45) is 0 Å². The zero-order valence-electron chi connectivity index (χ0n) is 10.7. The van der Waals surface area contributed by atoms with Gasteiger partial charge in [-0.3, -0.25) is 0 Å². The number of hydrogen-bond acceptors (Lipinski definition) is 2. The van der Waals surface area contributed by atoms with E-state index in [4.69, 9.17) is 9.47 Å². The lowest BCUT2D eigenvalue weighted by molar-refractivity contribution is 0.0779. The average Bonchev–Trinajstić information content (AvgIpc) is 2.41. The highest BCUT2D eigenvalue weighted by Gasteiger charge is 2.15. The van der Waals surface area contributed by atoms with E-state index in [0.717, 1.165) is 11.5 Å². The molecule has 2 atom stereocenters. The fourth-order valence-corrected chi connectivity index (χ4v) is 1.62. The number of benzene rings is 2. The second-order valence-electron chi connectivity index (χ2n) is 4.27. The molecule has 18 heavy (non-hydrogen) atoms. The van der Waals surface area contributed by atoms with Crippen LogP contribution in [0, 0.1) is 0 Å². The highest BCUT2D eigenvalue weighted by atomic mass is 16.5. The number of rotatable bonds is 5. The zero-order chi connectivity index (χ0) is 12.8. The molecule has 2 aromatic carbocycles. The fraction of sp³-hybridized carbons (Fsp3) is 0.250. The van der Waals surface area contributed by atoms with Gasteiger partial charge in [-0.1, -0.05) is 36.4 Å². The molecule has 0 fully saturated rings. The van der Waals surface area contributed by atoms with Gasteiger partial charge in [-0.25, -0.2) is 0 Å². The molecule has 0 aliphatic rings. The first kappa shape index (κ1) is 12.5. The molecule has 0 heterocycles. The van der Waals surface area contributed by atoms with Crippen molar-refractivity contribution >= 4 is 0 Å². The molecule has 0 saturated heterocycles. The van der Waals surface area contributed by atoms with Gasteiger partial charge in [0.1, 0.15) is 23.7 Å². The van der Waals surface area contributed by atoms with Crippen molar-refractivity contribution in [1.29, 1.82) is 0 Å². The minimum absolute atomic E-state index is 0.00685. The van der Waals surface area contributed by atoms with Gasteiger partial charge in [0, 0.05) is 0 Å². The molecule has 0 N–H and O–H groups in total. The molecule has 0 spiro atoms. The Morgan fingerprint density at radius 1 is 0.611 bits per heavy atom. The van der Waals surface area contributed by atoms with Gasteiger partial charge in [0.15, 0.2) is 0 Å². The summed E-state index contributed by atoms with van der Waals surface area (Å²) in [5.41, 5.74) is 0. The molecule has 0 unspecified atom stereocenters. The minimum atomic E-state index is -0.00685. The van der Waals surface area contributed by atoms with Crippen molar-refractivity contribution in [1.82, 2.24) is 0 Å². The van der Waals surface area contributed by atoms with Crippen LogP contribution in [0.2, 0.25) is 0 Å². The highest BCUT2D eigenvalue weighted by molar-refractivity contribution is 5.22. The maximum Gasteiger partial charge on any atom is 0.132 e. The molecule has 0 radical (unpaired) electrons. The van der Waals surface area contributed by atoms with E-state index in [1.807, 2.05) is 74.5 Å². The predicted molar refractivity (Wildman–Crippen MR) is 73.1 cm³/mol. The molecule has 0 amide bonds. The van der Waals surface area contributed by atoms with Crippen LogP contribution in [0.4, 0.5) is 0 Å². The lowest BCUT2D eigenvalue weighted by Gasteiger charge is -2.22. The van der Waals surface area contributed by atoms with Crippen molar-refractivity contribution in [2.75, 3.05) is 0 Å². The van der Waals surface area contributed by atoms with Gasteiger partial charge in [0.25, 0.3) is 0 Å². The van der Waals surface area contributed by atoms with Crippen LogP contribution in [0.25, 0.3) is 0 Å². The summed E-state index contributed by atoms with van der Waals surface area (Å²) in [5, 5.41) is 0. The third-order valence-electron chi connectivity index (χ3n) is 2.79. The van der Waals surface area contributed by atoms with Gasteiger partial charge in [-0.05, 0) is 38.1 Å². The van der Waals surface area contributed by atoms with Crippen LogP contribution in [-0.4, -0.2) is 12.2 Å². The summed E-state index contributed by atoms with van der Waals surface area (Å²) >= 11 is 0. The lowest BCUT2D eigenvalue weighted by atomic mass is 10.2. The second-order valence-corrected chi connectivity index (χ2v) is 4.27. The predicted octanol–water partition coefficient (Wildman–Crippen LogP) is 3.92. The van der Waals surface area contributed by atoms with E-state index in [9.17, 15) is 0 Å². The van der Waals surface area contributed by atoms with Crippen molar-refractivity contribution in [3.05, 3.63) is 60.7 Å². The van der Waals surface area contributed by atoms with Gasteiger partial charge in [0.05, 0.1) is 0 Å². The molecular formula is C16H18O2. The summed E-state index contributed by atoms with van der Waals surface area (Å²) in [5.74, 6) is 1.74. The van der Waals surface area contributed by atoms with E-state index in [1.54, 1.807) is 0 Å². The Bertz CT molecular complexity index is 408. The van der Waals surface area contributed by atoms with Crippen LogP contribution >= 0.6 is 0 Å². The Balaban J connectivity index is 1.91. The van der Waals surface area contributed by atoms with Crippen LogP contribution in [0.1, 0.15) is 13.8 Å². The summed E-state index contributed by atoms with van der Waals surface area (Å²) in [4.78, 5) is 0. The average molecular weight is 242 g/mol. The van der Waals surface area contributed by atoms with Gasteiger partial charge in [-0.2, -0.15) is 0 Å². The quantitative estimate of drug-likeness (QED) is 0.791. The monoisotopic (exact) mass is 242 g/mol. The van der Waals surface area contributed by atoms with Crippen LogP contribution in [-0.2, 0) is 0 Å². The summed E-state index contributed by atoms with van der Waals surface area (Å²) in [6.07, 6.45) is -0.0137. The van der Waals surface area contributed by atoms with E-state index in [2.05, 4.69) is 0 Å². The summed E-state index contributed by atoms with van der Waals surface area (Å²) < 4.78 is 11.6. The summed E-state index contributed by atoms with van der Waals surface area (Å²) in [6, 6.07) is 19.6. The molecule has 2 nitrogen and oxygen atoms in total. The first-order chi connectivity index (χ1) is 8.75. The van der Waals surface area contributed by atoms with Crippen molar-refractivity contribution in [2.45, 2.75) is 26.1 Å². The van der Waals surface area contributed by atoms with E-state index in [-0.39, 0.29) is 12.2 Å². The van der Waals surface area contributed by atoms with Gasteiger partial charge in [0.2, 0.25) is 0 Å². The van der Waals surface area contributed by atoms with Crippen molar-refractivity contribution in [3.63, 3.8) is 0 Å². The normalized spacial score (nSPS) is 13.7. The van der Waals surface area contributed by atoms with Crippen LogP contribution in [0.15, 0.2) is 60.7 Å². The Morgan fingerprint density at radius 2 is 0.944 bits per heavy atom. The Morgan fingerprint density at radius 3 is 1.28 bits per heavy atom. The smallest absolute Gasteiger partial charge is 0.132 e. The maximum absolute atomic E-state index is 5.82. The zero-order valence-corrected chi connectivity index (χ0v) is 10.7. The molecule has 0 bridgehead atoms. The largest absolute Gasteiger partial charge is 0.487 e. The third kappa shape index (κ3) is 3.52. The first-order valence-corrected chi connectivity index (χ1v) is 6.19. The van der Waals surface area contributed by atoms with Crippen LogP contribution < -0.4 is 9.47 Å². The Kier molecular flexibility index (Phi) is 4.24. The summed E-state index contributed by atoms with van der Waals surface area (Å²) in [7, 11) is 0. The topological polar surface area (TPSA) is 18.5 Å². The molecule has 0 saturated carbocycles. The summed E-state index contributed by atoms with van der Waals surface area (Å²) in [6.45, 7) is 4.03. The Labute approximate surface area is 108 Å².